The topological polar surface area (TPSA) is 3.24 Å². The van der Waals surface area contributed by atoms with Gasteiger partial charge in [0.25, 0.3) is 0 Å². The summed E-state index contributed by atoms with van der Waals surface area (Å²) in [5.74, 6) is 0. The maximum absolute atomic E-state index is 3.94. The summed E-state index contributed by atoms with van der Waals surface area (Å²) in [5.41, 5.74) is 1.34. The average molecular weight is 127 g/mol. The van der Waals surface area contributed by atoms with Gasteiger partial charge in [0.05, 0.1) is 0 Å². The highest BCUT2D eigenvalue weighted by atomic mass is 15.0. The zero-order valence-corrected chi connectivity index (χ0v) is 6.78. The quantitative estimate of drug-likeness (QED) is 0.521. The molecule has 0 aliphatic heterocycles. The van der Waals surface area contributed by atoms with Gasteiger partial charge in [-0.2, -0.15) is 0 Å². The first-order valence-corrected chi connectivity index (χ1v) is 3.48. The summed E-state index contributed by atoms with van der Waals surface area (Å²) in [5, 5.41) is 0. The lowest BCUT2D eigenvalue weighted by molar-refractivity contribution is 0.439. The molecule has 0 aromatic rings. The fraction of sp³-hybridized carbons (Fsp3) is 0.750. The molecule has 0 radical (unpaired) electrons. The lowest BCUT2D eigenvalue weighted by Crippen LogP contribution is -2.14. The van der Waals surface area contributed by atoms with E-state index in [1.165, 1.54) is 12.0 Å². The van der Waals surface area contributed by atoms with E-state index in [9.17, 15) is 0 Å². The second-order valence-corrected chi connectivity index (χ2v) is 2.74. The predicted molar refractivity (Wildman–Crippen MR) is 42.6 cm³/mol. The molecule has 0 saturated heterocycles. The van der Waals surface area contributed by atoms with Gasteiger partial charge in [-0.1, -0.05) is 25.5 Å². The van der Waals surface area contributed by atoms with E-state index in [1.807, 2.05) is 0 Å². The molecule has 0 amide bonds. The molecule has 0 aliphatic rings. The fourth-order valence-corrected chi connectivity index (χ4v) is 0.880. The molecule has 0 unspecified atom stereocenters. The van der Waals surface area contributed by atoms with E-state index < -0.39 is 0 Å². The minimum absolute atomic E-state index is 1.04. The molecular formula is C8H17N. The van der Waals surface area contributed by atoms with E-state index >= 15 is 0 Å². The Morgan fingerprint density at radius 1 is 1.44 bits per heavy atom. The average Bonchev–Trinajstić information content (AvgIpc) is 1.63. The normalized spacial score (nSPS) is 10.2. The largest absolute Gasteiger partial charge is 0.305 e. The summed E-state index contributed by atoms with van der Waals surface area (Å²) in [6, 6.07) is 0. The molecule has 1 heteroatoms. The molecule has 0 heterocycles. The third-order valence-corrected chi connectivity index (χ3v) is 1.14. The van der Waals surface area contributed by atoms with Crippen LogP contribution in [0.1, 0.15) is 19.8 Å². The van der Waals surface area contributed by atoms with Gasteiger partial charge in [0.1, 0.15) is 0 Å². The monoisotopic (exact) mass is 127 g/mol. The third kappa shape index (κ3) is 5.57. The van der Waals surface area contributed by atoms with Gasteiger partial charge in [0.15, 0.2) is 0 Å². The molecule has 9 heavy (non-hydrogen) atoms. The highest BCUT2D eigenvalue weighted by molar-refractivity contribution is 4.95. The van der Waals surface area contributed by atoms with Gasteiger partial charge in [-0.3, -0.25) is 0 Å². The van der Waals surface area contributed by atoms with Gasteiger partial charge < -0.3 is 4.90 Å². The van der Waals surface area contributed by atoms with Gasteiger partial charge in [-0.25, -0.2) is 0 Å². The summed E-state index contributed by atoms with van der Waals surface area (Å²) >= 11 is 0. The van der Waals surface area contributed by atoms with Crippen LogP contribution < -0.4 is 0 Å². The van der Waals surface area contributed by atoms with Crippen LogP contribution in [-0.2, 0) is 0 Å². The Morgan fingerprint density at radius 2 is 2.00 bits per heavy atom. The molecule has 0 bridgehead atoms. The van der Waals surface area contributed by atoms with E-state index in [1.54, 1.807) is 0 Å². The third-order valence-electron chi connectivity index (χ3n) is 1.14. The van der Waals surface area contributed by atoms with E-state index in [4.69, 9.17) is 0 Å². The Balaban J connectivity index is 3.27. The fourth-order valence-electron chi connectivity index (χ4n) is 0.880. The Labute approximate surface area is 58.4 Å². The van der Waals surface area contributed by atoms with Crippen LogP contribution in [0.2, 0.25) is 0 Å². The molecule has 0 atom stereocenters. The van der Waals surface area contributed by atoms with Gasteiger partial charge in [0, 0.05) is 6.54 Å². The number of hydrogen-bond donors (Lipinski definition) is 0. The van der Waals surface area contributed by atoms with E-state index in [2.05, 4.69) is 32.5 Å². The van der Waals surface area contributed by atoms with Gasteiger partial charge >= 0.3 is 0 Å². The van der Waals surface area contributed by atoms with Crippen molar-refractivity contribution in [2.45, 2.75) is 19.8 Å². The first-order valence-electron chi connectivity index (χ1n) is 3.48. The molecule has 0 aliphatic carbocycles. The van der Waals surface area contributed by atoms with E-state index in [0.717, 1.165) is 13.0 Å². The molecule has 0 fully saturated rings. The van der Waals surface area contributed by atoms with Crippen molar-refractivity contribution in [2.75, 3.05) is 20.6 Å². The van der Waals surface area contributed by atoms with Crippen molar-refractivity contribution in [3.63, 3.8) is 0 Å². The van der Waals surface area contributed by atoms with Crippen molar-refractivity contribution in [1.82, 2.24) is 4.90 Å². The smallest absolute Gasteiger partial charge is 0.0184 e. The zero-order chi connectivity index (χ0) is 7.28. The molecule has 0 spiro atoms. The molecule has 0 saturated carbocycles. The number of likely N-dealkylation sites (N-methyl/N-ethyl adjacent to an activating group) is 1. The van der Waals surface area contributed by atoms with Crippen molar-refractivity contribution in [2.24, 2.45) is 0 Å². The molecule has 0 rings (SSSR count). The maximum Gasteiger partial charge on any atom is 0.0184 e. The summed E-state index contributed by atoms with van der Waals surface area (Å²) in [6.45, 7) is 7.16. The van der Waals surface area contributed by atoms with Gasteiger partial charge in [-0.15, -0.1) is 0 Å². The maximum atomic E-state index is 3.94. The molecule has 0 N–H and O–H groups in total. The van der Waals surface area contributed by atoms with Gasteiger partial charge in [0.2, 0.25) is 0 Å². The second kappa shape index (κ2) is 4.57. The lowest BCUT2D eigenvalue weighted by Gasteiger charge is -2.10. The minimum atomic E-state index is 1.04. The van der Waals surface area contributed by atoms with Gasteiger partial charge in [-0.05, 0) is 20.5 Å². The number of nitrogens with zero attached hydrogens (tertiary/aromatic N) is 1. The summed E-state index contributed by atoms with van der Waals surface area (Å²) in [6.07, 6.45) is 2.38. The van der Waals surface area contributed by atoms with Crippen molar-refractivity contribution in [3.05, 3.63) is 12.2 Å². The Kier molecular flexibility index (Phi) is 4.41. The Bertz CT molecular complexity index is 84.6. The number of rotatable bonds is 4. The first kappa shape index (κ1) is 8.70. The molecule has 0 aromatic carbocycles. The standard InChI is InChI=1S/C8H17N/c1-5-6-8(2)7-9(3)4/h2,5-7H2,1,3-4H3. The van der Waals surface area contributed by atoms with Crippen LogP contribution in [-0.4, -0.2) is 25.5 Å². The van der Waals surface area contributed by atoms with Crippen molar-refractivity contribution >= 4 is 0 Å². The van der Waals surface area contributed by atoms with Crippen LogP contribution in [0.15, 0.2) is 12.2 Å². The zero-order valence-electron chi connectivity index (χ0n) is 6.78. The molecule has 1 nitrogen and oxygen atoms in total. The van der Waals surface area contributed by atoms with Crippen molar-refractivity contribution in [1.29, 1.82) is 0 Å². The second-order valence-electron chi connectivity index (χ2n) is 2.74. The van der Waals surface area contributed by atoms with E-state index in [-0.39, 0.29) is 0 Å². The van der Waals surface area contributed by atoms with Crippen molar-refractivity contribution in [3.8, 4) is 0 Å². The Morgan fingerprint density at radius 3 is 2.33 bits per heavy atom. The Hall–Kier alpha value is -0.300. The summed E-state index contributed by atoms with van der Waals surface area (Å²) in [7, 11) is 4.14. The highest BCUT2D eigenvalue weighted by Gasteiger charge is 1.92. The molecular weight excluding hydrogens is 110 g/mol. The van der Waals surface area contributed by atoms with Crippen molar-refractivity contribution < 1.29 is 0 Å². The molecule has 54 valence electrons. The van der Waals surface area contributed by atoms with Crippen LogP contribution in [0.25, 0.3) is 0 Å². The number of hydrogen-bond acceptors (Lipinski definition) is 1. The lowest BCUT2D eigenvalue weighted by atomic mass is 10.2. The highest BCUT2D eigenvalue weighted by Crippen LogP contribution is 2.01. The van der Waals surface area contributed by atoms with Crippen LogP contribution in [0, 0.1) is 0 Å². The predicted octanol–water partition coefficient (Wildman–Crippen LogP) is 1.90. The van der Waals surface area contributed by atoms with Crippen LogP contribution in [0.3, 0.4) is 0 Å². The van der Waals surface area contributed by atoms with E-state index in [0.29, 0.717) is 0 Å². The summed E-state index contributed by atoms with van der Waals surface area (Å²) in [4.78, 5) is 2.15. The van der Waals surface area contributed by atoms with Crippen LogP contribution >= 0.6 is 0 Å². The molecule has 0 aromatic heterocycles. The van der Waals surface area contributed by atoms with Crippen LogP contribution in [0.4, 0.5) is 0 Å². The minimum Gasteiger partial charge on any atom is -0.305 e. The first-order chi connectivity index (χ1) is 4.16. The SMILES string of the molecule is C=C(CCC)CN(C)C. The van der Waals surface area contributed by atoms with Crippen LogP contribution in [0.5, 0.6) is 0 Å². The summed E-state index contributed by atoms with van der Waals surface area (Å²) < 4.78 is 0.